The quantitative estimate of drug-likeness (QED) is 0.400. The summed E-state index contributed by atoms with van der Waals surface area (Å²) in [4.78, 5) is 43.1. The molecule has 0 saturated carbocycles. The van der Waals surface area contributed by atoms with E-state index in [4.69, 9.17) is 5.26 Å². The number of nitriles is 1. The summed E-state index contributed by atoms with van der Waals surface area (Å²) in [5.74, 6) is -6.87. The Labute approximate surface area is 205 Å². The Bertz CT molecular complexity index is 718. The third-order valence-electron chi connectivity index (χ3n) is 2.53. The van der Waals surface area contributed by atoms with E-state index in [1.807, 2.05) is 0 Å². The van der Waals surface area contributed by atoms with E-state index in [1.165, 1.54) is 6.07 Å². The summed E-state index contributed by atoms with van der Waals surface area (Å²) in [5.41, 5.74) is -0.935. The van der Waals surface area contributed by atoms with Crippen LogP contribution in [-0.4, -0.2) is 37.0 Å². The van der Waals surface area contributed by atoms with Crippen molar-refractivity contribution < 1.29 is 115 Å². The van der Waals surface area contributed by atoms with Gasteiger partial charge in [-0.3, -0.25) is 0 Å². The van der Waals surface area contributed by atoms with E-state index in [-0.39, 0.29) is 80.4 Å². The smallest absolute Gasteiger partial charge is 0.550 e. The van der Waals surface area contributed by atoms with Crippen molar-refractivity contribution in [3.05, 3.63) is 16.0 Å². The molecule has 0 aromatic carbocycles. The minimum Gasteiger partial charge on any atom is -0.550 e. The Morgan fingerprint density at radius 2 is 1.33 bits per heavy atom. The van der Waals surface area contributed by atoms with Crippen LogP contribution < -0.4 is 101 Å². The molecule has 0 aliphatic rings. The van der Waals surface area contributed by atoms with Crippen molar-refractivity contribution >= 4 is 40.2 Å². The predicted octanol–water partition coefficient (Wildman–Crippen LogP) is -17.4. The molecule has 10 nitrogen and oxygen atoms in total. The van der Waals surface area contributed by atoms with Crippen LogP contribution in [0.2, 0.25) is 0 Å². The van der Waals surface area contributed by atoms with Crippen LogP contribution in [0.4, 0.5) is 5.00 Å². The number of aromatic carboxylic acids is 1. The van der Waals surface area contributed by atoms with Gasteiger partial charge in [-0.1, -0.05) is 0 Å². The molecule has 15 heteroatoms. The molecule has 27 heavy (non-hydrogen) atoms. The summed E-state index contributed by atoms with van der Waals surface area (Å²) < 4.78 is 0. The molecule has 0 aliphatic carbocycles. The Morgan fingerprint density at radius 3 is 1.63 bits per heavy atom. The second-order valence-corrected chi connectivity index (χ2v) is 5.14. The van der Waals surface area contributed by atoms with Crippen molar-refractivity contribution in [1.29, 1.82) is 5.26 Å². The number of anilines is 1. The van der Waals surface area contributed by atoms with Gasteiger partial charge in [0.15, 0.2) is 0 Å². The topological polar surface area (TPSA) is 188 Å². The first-order chi connectivity index (χ1) is 10.7. The van der Waals surface area contributed by atoms with Gasteiger partial charge in [0.05, 0.1) is 41.4 Å². The molecule has 1 heterocycles. The predicted molar refractivity (Wildman–Crippen MR) is 64.3 cm³/mol. The summed E-state index contributed by atoms with van der Waals surface area (Å²) in [7, 11) is 0. The van der Waals surface area contributed by atoms with Crippen LogP contribution in [0.1, 0.15) is 20.8 Å². The number of carboxylic acids is 4. The molecule has 0 amide bonds. The van der Waals surface area contributed by atoms with Crippen molar-refractivity contribution in [1.82, 2.24) is 0 Å². The summed E-state index contributed by atoms with van der Waals surface area (Å²) in [5, 5.41) is 51.9. The third kappa shape index (κ3) is 9.84. The van der Waals surface area contributed by atoms with Gasteiger partial charge < -0.3 is 44.5 Å². The summed E-state index contributed by atoms with van der Waals surface area (Å²) in [6, 6.07) is 1.53. The summed E-state index contributed by atoms with van der Waals surface area (Å²) in [6.07, 6.45) is -0.937. The normalized spacial score (nSPS) is 8.41. The van der Waals surface area contributed by atoms with Crippen molar-refractivity contribution in [2.75, 3.05) is 18.0 Å². The Balaban J connectivity index is -0.000000661. The molecule has 1 aromatic rings. The molecule has 1 aromatic heterocycles. The monoisotopic (exact) mass is 366 g/mol. The van der Waals surface area contributed by atoms with Crippen LogP contribution in [0, 0.1) is 11.3 Å². The van der Waals surface area contributed by atoms with Gasteiger partial charge >= 0.3 is 75.4 Å². The fraction of sp³-hybridized carbons (Fsp3) is 0.250. The number of rotatable bonds is 8. The number of aliphatic carboxylic acids is 3. The largest absolute Gasteiger partial charge is 1.00 e. The van der Waals surface area contributed by atoms with Gasteiger partial charge in [-0.2, -0.15) is 5.26 Å². The molecule has 122 valence electrons. The molecule has 0 aliphatic heterocycles. The van der Waals surface area contributed by atoms with Crippen LogP contribution in [-0.2, 0) is 20.8 Å². The maximum Gasteiger partial charge on any atom is 1.00 e. The molecule has 0 saturated heterocycles. The van der Waals surface area contributed by atoms with Crippen LogP contribution in [0.15, 0.2) is 0 Å². The summed E-state index contributed by atoms with van der Waals surface area (Å²) >= 11 is 0.321. The van der Waals surface area contributed by atoms with Crippen LogP contribution >= 0.6 is 11.3 Å². The number of hydrogen-bond donors (Lipinski definition) is 0. The van der Waals surface area contributed by atoms with Gasteiger partial charge in [0.2, 0.25) is 0 Å². The number of carbonyl (C=O) groups excluding carboxylic acids is 4. The number of carboxylic acid groups (broad SMARTS) is 4. The maximum absolute atomic E-state index is 11.1. The molecular weight excluding hydrogens is 360 g/mol. The van der Waals surface area contributed by atoms with Gasteiger partial charge in [0.25, 0.3) is 0 Å². The molecule has 0 bridgehead atoms. The zero-order valence-corrected chi connectivity index (χ0v) is 16.0. The minimum absolute atomic E-state index is 0. The number of thiophene rings is 1. The molecule has 1 rings (SSSR count). The zero-order chi connectivity index (χ0) is 17.7. The van der Waals surface area contributed by atoms with Crippen molar-refractivity contribution in [2.45, 2.75) is 6.42 Å². The Kier molecular flexibility index (Phi) is 19.1. The van der Waals surface area contributed by atoms with Gasteiger partial charge in [-0.25, -0.2) is 0 Å². The Hall–Kier alpha value is -0.740. The number of nitrogens with zero attached hydrogens (tertiary/aromatic N) is 2. The van der Waals surface area contributed by atoms with E-state index < -0.39 is 59.4 Å². The van der Waals surface area contributed by atoms with Crippen molar-refractivity contribution in [3.63, 3.8) is 0 Å². The number of hydrogen-bond acceptors (Lipinski definition) is 11. The molecule has 0 fully saturated rings. The van der Waals surface area contributed by atoms with Gasteiger partial charge in [-0.15, -0.1) is 11.3 Å². The van der Waals surface area contributed by atoms with E-state index in [1.54, 1.807) is 0 Å². The van der Waals surface area contributed by atoms with Crippen LogP contribution in [0.3, 0.4) is 0 Å². The molecule has 0 radical (unpaired) electrons. The second kappa shape index (κ2) is 15.2. The maximum atomic E-state index is 11.1. The SMILES string of the molecule is N#Cc1c(N(CC(=O)[O-])CC(=O)[O-])sc(C(=O)[O-])c1CC(=O)[O-].[Li+].[Li+].[Li+].[Li+]. The van der Waals surface area contributed by atoms with E-state index >= 15 is 0 Å². The van der Waals surface area contributed by atoms with E-state index in [9.17, 15) is 39.6 Å². The average molecular weight is 366 g/mol. The first-order valence-electron chi connectivity index (χ1n) is 5.79. The molecule has 0 atom stereocenters. The zero-order valence-electron chi connectivity index (χ0n) is 15.2. The van der Waals surface area contributed by atoms with Gasteiger partial charge in [-0.05, 0) is 5.56 Å². The molecule has 0 N–H and O–H groups in total. The van der Waals surface area contributed by atoms with E-state index in [0.717, 1.165) is 0 Å². The van der Waals surface area contributed by atoms with Gasteiger partial charge in [0, 0.05) is 12.4 Å². The fourth-order valence-corrected chi connectivity index (χ4v) is 2.88. The van der Waals surface area contributed by atoms with Crippen molar-refractivity contribution in [3.8, 4) is 6.07 Å². The first kappa shape index (κ1) is 33.8. The molecule has 0 spiro atoms. The molecular formula is C12H6Li4N2O8S. The van der Waals surface area contributed by atoms with Crippen molar-refractivity contribution in [2.24, 2.45) is 0 Å². The second-order valence-electron chi connectivity index (χ2n) is 4.14. The minimum atomic E-state index is -1.80. The van der Waals surface area contributed by atoms with Crippen LogP contribution in [0.25, 0.3) is 0 Å². The molecule has 0 unspecified atom stereocenters. The van der Waals surface area contributed by atoms with E-state index in [0.29, 0.717) is 16.2 Å². The Morgan fingerprint density at radius 1 is 0.889 bits per heavy atom. The van der Waals surface area contributed by atoms with Crippen LogP contribution in [0.5, 0.6) is 0 Å². The third-order valence-corrected chi connectivity index (χ3v) is 3.81. The fourth-order valence-electron chi connectivity index (χ4n) is 1.78. The summed E-state index contributed by atoms with van der Waals surface area (Å²) in [6.45, 7) is -1.94. The van der Waals surface area contributed by atoms with Gasteiger partial charge in [0.1, 0.15) is 11.1 Å². The standard InChI is InChI=1S/C12H10N2O8S.4Li/c13-2-6-5(1-7(15)16)10(12(21)22)23-11(6)14(3-8(17)18)4-9(19)20;;;;/h1,3-4H2,(H,15,16)(H,17,18)(H,19,20)(H,21,22);;;;/q;4*+1/p-4. The van der Waals surface area contributed by atoms with E-state index in [2.05, 4.69) is 0 Å². The first-order valence-corrected chi connectivity index (χ1v) is 6.60. The number of carbonyl (C=O) groups is 4. The average Bonchev–Trinajstić information content (AvgIpc) is 2.74.